The fourth-order valence-electron chi connectivity index (χ4n) is 5.29. The van der Waals surface area contributed by atoms with Crippen LogP contribution >= 0.6 is 0 Å². The molecule has 1 amide bonds. The van der Waals surface area contributed by atoms with Crippen molar-refractivity contribution in [2.75, 3.05) is 11.9 Å². The van der Waals surface area contributed by atoms with Gasteiger partial charge in [-0.25, -0.2) is 0 Å². The summed E-state index contributed by atoms with van der Waals surface area (Å²) in [5, 5.41) is 23.0. The third kappa shape index (κ3) is 5.06. The Bertz CT molecular complexity index is 1830. The minimum absolute atomic E-state index is 0.0737. The lowest BCUT2D eigenvalue weighted by Gasteiger charge is -2.23. The Labute approximate surface area is 243 Å². The predicted octanol–water partition coefficient (Wildman–Crippen LogP) is 5.48. The van der Waals surface area contributed by atoms with Crippen LogP contribution < -0.4 is 10.2 Å². The number of aryl methyl sites for hydroxylation is 1. The molecule has 0 radical (unpaired) electrons. The van der Waals surface area contributed by atoms with Crippen LogP contribution in [0.1, 0.15) is 28.7 Å². The number of nitrogens with zero attached hydrogens (tertiary/aromatic N) is 4. The zero-order chi connectivity index (χ0) is 29.4. The topological polar surface area (TPSA) is 100 Å². The number of amides is 1. The van der Waals surface area contributed by atoms with Gasteiger partial charge in [-0.2, -0.15) is 0 Å². The van der Waals surface area contributed by atoms with E-state index in [1.165, 1.54) is 4.80 Å². The minimum atomic E-state index is -0.443. The molecule has 1 fully saturated rings. The minimum Gasteiger partial charge on any atom is -0.505 e. The molecule has 0 unspecified atom stereocenters. The molecule has 8 heteroatoms. The van der Waals surface area contributed by atoms with E-state index in [0.717, 1.165) is 39.0 Å². The van der Waals surface area contributed by atoms with Gasteiger partial charge in [0.2, 0.25) is 0 Å². The van der Waals surface area contributed by atoms with Gasteiger partial charge in [0.1, 0.15) is 22.5 Å². The lowest BCUT2D eigenvalue weighted by atomic mass is 9.88. The van der Waals surface area contributed by atoms with Gasteiger partial charge >= 0.3 is 0 Å². The van der Waals surface area contributed by atoms with Gasteiger partial charge < -0.3 is 15.3 Å². The highest BCUT2D eigenvalue weighted by molar-refractivity contribution is 6.28. The van der Waals surface area contributed by atoms with Crippen LogP contribution in [0.4, 0.5) is 5.69 Å². The summed E-state index contributed by atoms with van der Waals surface area (Å²) < 4.78 is 0. The molecule has 0 saturated carbocycles. The number of hydrogen-bond donors (Lipinski definition) is 2. The summed E-state index contributed by atoms with van der Waals surface area (Å²) in [6.45, 7) is 6.16. The average Bonchev–Trinajstić information content (AvgIpc) is 3.41. The van der Waals surface area contributed by atoms with E-state index in [9.17, 15) is 14.7 Å². The standard InChI is InChI=1S/C34H29N5O3/c1-21-17-25(33(41)29(18-21)39-36-27-11-7-8-12-28(27)37-39)20-38(3)26-15-13-24(14-16-26)31(23-9-5-4-6-10-23)32-30(40)19-22(2)35-34(32)42/h4-18,41H,2,19-20H2,1,3H3,(H,35,42)/b32-31+. The molecule has 1 aliphatic heterocycles. The number of benzene rings is 4. The van der Waals surface area contributed by atoms with Crippen LogP contribution in [-0.4, -0.2) is 38.8 Å². The van der Waals surface area contributed by atoms with Crippen LogP contribution in [0.15, 0.2) is 109 Å². The molecule has 4 aromatic carbocycles. The Hall–Kier alpha value is -5.50. The van der Waals surface area contributed by atoms with Crippen molar-refractivity contribution in [1.29, 1.82) is 0 Å². The zero-order valence-corrected chi connectivity index (χ0v) is 23.3. The maximum atomic E-state index is 13.0. The number of hydrogen-bond acceptors (Lipinski definition) is 6. The number of anilines is 1. The first kappa shape index (κ1) is 26.7. The number of aromatic nitrogens is 3. The maximum absolute atomic E-state index is 13.0. The summed E-state index contributed by atoms with van der Waals surface area (Å²) in [4.78, 5) is 29.4. The number of ketones is 1. The fraction of sp³-hybridized carbons (Fsp3) is 0.118. The van der Waals surface area contributed by atoms with Crippen molar-refractivity contribution in [3.05, 3.63) is 131 Å². The van der Waals surface area contributed by atoms with Gasteiger partial charge in [-0.3, -0.25) is 9.59 Å². The molecule has 8 nitrogen and oxygen atoms in total. The number of phenols is 1. The number of aromatic hydroxyl groups is 1. The van der Waals surface area contributed by atoms with Gasteiger partial charge in [0, 0.05) is 36.1 Å². The van der Waals surface area contributed by atoms with Crippen molar-refractivity contribution in [2.45, 2.75) is 19.9 Å². The van der Waals surface area contributed by atoms with Crippen molar-refractivity contribution in [1.82, 2.24) is 20.3 Å². The number of fused-ring (bicyclic) bond motifs is 1. The number of carbonyl (C=O) groups is 2. The van der Waals surface area contributed by atoms with Gasteiger partial charge in [0.25, 0.3) is 5.91 Å². The van der Waals surface area contributed by atoms with Crippen LogP contribution in [-0.2, 0) is 16.1 Å². The second-order valence-electron chi connectivity index (χ2n) is 10.4. The van der Waals surface area contributed by atoms with E-state index >= 15 is 0 Å². The Morgan fingerprint density at radius 2 is 1.55 bits per heavy atom. The number of allylic oxidation sites excluding steroid dienone is 1. The second kappa shape index (κ2) is 10.8. The van der Waals surface area contributed by atoms with E-state index in [1.54, 1.807) is 0 Å². The van der Waals surface area contributed by atoms with Gasteiger partial charge in [-0.05, 0) is 53.9 Å². The van der Waals surface area contributed by atoms with Gasteiger partial charge in [-0.15, -0.1) is 15.0 Å². The summed E-state index contributed by atoms with van der Waals surface area (Å²) in [6.07, 6.45) is 0.0737. The molecular formula is C34H29N5O3. The first-order valence-corrected chi connectivity index (χ1v) is 13.6. The molecular weight excluding hydrogens is 526 g/mol. The third-order valence-corrected chi connectivity index (χ3v) is 7.30. The third-order valence-electron chi connectivity index (χ3n) is 7.30. The van der Waals surface area contributed by atoms with Crippen LogP contribution in [0.25, 0.3) is 22.3 Å². The van der Waals surface area contributed by atoms with Crippen molar-refractivity contribution in [3.63, 3.8) is 0 Å². The van der Waals surface area contributed by atoms with Crippen molar-refractivity contribution in [3.8, 4) is 11.4 Å². The van der Waals surface area contributed by atoms with E-state index in [0.29, 0.717) is 23.5 Å². The Morgan fingerprint density at radius 1 is 0.929 bits per heavy atom. The number of piperidine rings is 1. The average molecular weight is 556 g/mol. The van der Waals surface area contributed by atoms with Crippen molar-refractivity contribution < 1.29 is 14.7 Å². The zero-order valence-electron chi connectivity index (χ0n) is 23.3. The molecule has 0 spiro atoms. The summed E-state index contributed by atoms with van der Waals surface area (Å²) >= 11 is 0. The highest BCUT2D eigenvalue weighted by Gasteiger charge is 2.30. The monoisotopic (exact) mass is 555 g/mol. The van der Waals surface area contributed by atoms with Crippen molar-refractivity contribution in [2.24, 2.45) is 0 Å². The van der Waals surface area contributed by atoms with E-state index < -0.39 is 5.91 Å². The van der Waals surface area contributed by atoms with Crippen molar-refractivity contribution >= 4 is 34.0 Å². The van der Waals surface area contributed by atoms with E-state index in [4.69, 9.17) is 0 Å². The molecule has 42 heavy (non-hydrogen) atoms. The van der Waals surface area contributed by atoms with Gasteiger partial charge in [-0.1, -0.05) is 67.2 Å². The maximum Gasteiger partial charge on any atom is 0.259 e. The van der Waals surface area contributed by atoms with E-state index in [2.05, 4.69) is 22.1 Å². The summed E-state index contributed by atoms with van der Waals surface area (Å²) in [5.74, 6) is -0.584. The molecule has 1 aliphatic rings. The van der Waals surface area contributed by atoms with E-state index in [1.807, 2.05) is 110 Å². The van der Waals surface area contributed by atoms with Crippen LogP contribution in [0.5, 0.6) is 5.75 Å². The first-order valence-electron chi connectivity index (χ1n) is 13.6. The first-order chi connectivity index (χ1) is 20.3. The number of rotatable bonds is 6. The summed E-state index contributed by atoms with van der Waals surface area (Å²) in [7, 11) is 1.94. The molecule has 5 aromatic rings. The molecule has 0 bridgehead atoms. The Balaban J connectivity index is 1.32. The highest BCUT2D eigenvalue weighted by atomic mass is 16.3. The molecule has 0 atom stereocenters. The quantitative estimate of drug-likeness (QED) is 0.213. The van der Waals surface area contributed by atoms with Crippen LogP contribution in [0.3, 0.4) is 0 Å². The number of carbonyl (C=O) groups excluding carboxylic acids is 2. The second-order valence-corrected chi connectivity index (χ2v) is 10.4. The smallest absolute Gasteiger partial charge is 0.259 e. The molecule has 2 N–H and O–H groups in total. The SMILES string of the molecule is C=C1CC(=O)/C(=C(/c2ccccc2)c2ccc(N(C)Cc3cc(C)cc(-n4nc5ccccc5n4)c3O)cc2)C(=O)N1. The lowest BCUT2D eigenvalue weighted by Crippen LogP contribution is -2.35. The molecule has 0 aliphatic carbocycles. The van der Waals surface area contributed by atoms with Gasteiger partial charge in [0.05, 0.1) is 12.0 Å². The fourth-order valence-corrected chi connectivity index (χ4v) is 5.29. The summed E-state index contributed by atoms with van der Waals surface area (Å²) in [6, 6.07) is 28.5. The highest BCUT2D eigenvalue weighted by Crippen LogP contribution is 2.33. The number of phenolic OH excluding ortho intramolecular Hbond substituents is 1. The molecule has 6 rings (SSSR count). The summed E-state index contributed by atoms with van der Waals surface area (Å²) in [5.41, 5.74) is 7.26. The largest absolute Gasteiger partial charge is 0.505 e. The molecule has 1 aromatic heterocycles. The Kier molecular flexibility index (Phi) is 6.88. The lowest BCUT2D eigenvalue weighted by molar-refractivity contribution is -0.123. The Morgan fingerprint density at radius 3 is 2.19 bits per heavy atom. The van der Waals surface area contributed by atoms with Crippen LogP contribution in [0, 0.1) is 6.92 Å². The van der Waals surface area contributed by atoms with Crippen LogP contribution in [0.2, 0.25) is 0 Å². The van der Waals surface area contributed by atoms with E-state index in [-0.39, 0.29) is 23.5 Å². The van der Waals surface area contributed by atoms with Gasteiger partial charge in [0.15, 0.2) is 5.78 Å². The predicted molar refractivity (Wildman–Crippen MR) is 163 cm³/mol. The normalized spacial score (nSPS) is 14.7. The molecule has 2 heterocycles. The number of nitrogens with one attached hydrogen (secondary N) is 1. The molecule has 1 saturated heterocycles. The number of Topliss-reactive ketones (excluding diaryl/α,β-unsaturated/α-hetero) is 1. The molecule has 208 valence electrons.